The maximum atomic E-state index is 11.3. The average Bonchev–Trinajstić information content (AvgIpc) is 3.89. The number of quaternary nitrogens is 1. The Balaban J connectivity index is 1.01. The fourth-order valence-electron chi connectivity index (χ4n) is 8.54. The van der Waals surface area contributed by atoms with E-state index in [2.05, 4.69) is 67.6 Å². The van der Waals surface area contributed by atoms with E-state index in [4.69, 9.17) is 11.1 Å². The van der Waals surface area contributed by atoms with Crippen molar-refractivity contribution in [2.24, 2.45) is 17.7 Å². The van der Waals surface area contributed by atoms with E-state index in [-0.39, 0.29) is 5.57 Å². The molecule has 2 aliphatic carbocycles. The standard InChI is InChI=1S/C37H29N3O2S4/c1-18-3-10-25-26(11-18)40(39,35-22-5-4-21(12-22)34(25)35)24-8-6-20(7-9-24)28-14-29-30(44-28)15-31(45-29)32-16-33-36(46-32)19(2)27(43-33)13-23(17-38)37(41)42/h3,6-11,13-16,21-22,34-35H,4-5,12,39H2,1-2H3/p+1/b23-13+. The van der Waals surface area contributed by atoms with Crippen LogP contribution in [0.25, 0.3) is 45.1 Å². The number of nitrogens with two attached hydrogens (primary N) is 1. The summed E-state index contributed by atoms with van der Waals surface area (Å²) >= 11 is 6.92. The van der Waals surface area contributed by atoms with Gasteiger partial charge in [-0.3, -0.25) is 0 Å². The van der Waals surface area contributed by atoms with Crippen LogP contribution in [0.15, 0.2) is 66.2 Å². The molecule has 3 aliphatic rings. The van der Waals surface area contributed by atoms with Crippen molar-refractivity contribution in [1.82, 2.24) is 4.59 Å². The zero-order valence-electron chi connectivity index (χ0n) is 25.2. The monoisotopic (exact) mass is 676 g/mol. The normalized spacial score (nSPS) is 25.0. The predicted octanol–water partition coefficient (Wildman–Crippen LogP) is 10.6. The summed E-state index contributed by atoms with van der Waals surface area (Å²) in [5, 5.41) is 18.4. The first kappa shape index (κ1) is 28.6. The minimum Gasteiger partial charge on any atom is -0.477 e. The molecule has 4 aromatic heterocycles. The Kier molecular flexibility index (Phi) is 6.33. The molecule has 228 valence electrons. The number of nitrogens with zero attached hydrogens (tertiary/aromatic N) is 2. The lowest BCUT2D eigenvalue weighted by Gasteiger charge is -2.38. The molecule has 5 atom stereocenters. The zero-order chi connectivity index (χ0) is 31.5. The van der Waals surface area contributed by atoms with E-state index in [0.29, 0.717) is 22.5 Å². The fourth-order valence-corrected chi connectivity index (χ4v) is 13.6. The molecule has 5 unspecified atom stereocenters. The SMILES string of the molecule is Cc1ccc2c(c1)[N+](N)(c1ccc(-c3cc4sc(-c5cc6sc(/C=C(\C#N)C(=O)O)c(C)c6s5)cc4s3)cc1)C1C3CCC(C3)C21. The third-order valence-corrected chi connectivity index (χ3v) is 15.7. The minimum absolute atomic E-state index is 0.240. The largest absolute Gasteiger partial charge is 0.477 e. The van der Waals surface area contributed by atoms with Gasteiger partial charge in [-0.2, -0.15) is 15.7 Å². The van der Waals surface area contributed by atoms with Gasteiger partial charge < -0.3 is 5.11 Å². The number of hydrogen-bond donors (Lipinski definition) is 2. The topological polar surface area (TPSA) is 87.1 Å². The molecule has 1 aliphatic heterocycles. The van der Waals surface area contributed by atoms with Crippen LogP contribution < -0.4 is 10.4 Å². The van der Waals surface area contributed by atoms with E-state index < -0.39 is 5.97 Å². The van der Waals surface area contributed by atoms with Crippen LogP contribution in [-0.4, -0.2) is 17.1 Å². The Morgan fingerprint density at radius 1 is 0.913 bits per heavy atom. The second-order valence-corrected chi connectivity index (χ2v) is 17.4. The highest BCUT2D eigenvalue weighted by Crippen LogP contribution is 2.64. The maximum Gasteiger partial charge on any atom is 0.346 e. The second kappa shape index (κ2) is 10.2. The Bertz CT molecular complexity index is 2280. The number of carbonyl (C=O) groups is 1. The van der Waals surface area contributed by atoms with Crippen molar-refractivity contribution in [3.8, 4) is 26.3 Å². The maximum absolute atomic E-state index is 11.3. The van der Waals surface area contributed by atoms with E-state index >= 15 is 0 Å². The lowest BCUT2D eigenvalue weighted by Crippen LogP contribution is -2.59. The molecule has 9 heteroatoms. The first-order valence-electron chi connectivity index (χ1n) is 15.5. The van der Waals surface area contributed by atoms with E-state index in [1.165, 1.54) is 77.4 Å². The van der Waals surface area contributed by atoms with Crippen molar-refractivity contribution >= 4 is 87.6 Å². The van der Waals surface area contributed by atoms with Crippen molar-refractivity contribution in [3.05, 3.63) is 87.8 Å². The molecule has 2 aromatic carbocycles. The number of hydrogen-bond acceptors (Lipinski definition) is 7. The van der Waals surface area contributed by atoms with Gasteiger partial charge in [0.2, 0.25) is 0 Å². The lowest BCUT2D eigenvalue weighted by molar-refractivity contribution is -0.132. The summed E-state index contributed by atoms with van der Waals surface area (Å²) in [6.07, 6.45) is 5.46. The van der Waals surface area contributed by atoms with Gasteiger partial charge in [0.15, 0.2) is 11.4 Å². The number of rotatable bonds is 5. The van der Waals surface area contributed by atoms with Crippen LogP contribution in [0, 0.1) is 37.0 Å². The Labute approximate surface area is 282 Å². The van der Waals surface area contributed by atoms with Crippen LogP contribution >= 0.6 is 45.3 Å². The van der Waals surface area contributed by atoms with Crippen molar-refractivity contribution in [3.63, 3.8) is 0 Å². The van der Waals surface area contributed by atoms with Gasteiger partial charge in [0.1, 0.15) is 17.7 Å². The van der Waals surface area contributed by atoms with Gasteiger partial charge in [-0.05, 0) is 92.1 Å². The highest BCUT2D eigenvalue weighted by Gasteiger charge is 2.64. The molecular weight excluding hydrogens is 647 g/mol. The minimum atomic E-state index is -1.20. The molecule has 0 spiro atoms. The Hall–Kier alpha value is -3.62. The van der Waals surface area contributed by atoms with Crippen LogP contribution in [-0.2, 0) is 4.79 Å². The van der Waals surface area contributed by atoms with Gasteiger partial charge in [0.25, 0.3) is 0 Å². The van der Waals surface area contributed by atoms with Gasteiger partial charge in [0.05, 0.1) is 0 Å². The highest BCUT2D eigenvalue weighted by molar-refractivity contribution is 7.34. The number of nitriles is 1. The second-order valence-electron chi connectivity index (χ2n) is 13.1. The van der Waals surface area contributed by atoms with Gasteiger partial charge in [-0.25, -0.2) is 4.79 Å². The summed E-state index contributed by atoms with van der Waals surface area (Å²) in [7, 11) is 0. The molecule has 5 nitrogen and oxygen atoms in total. The number of fused-ring (bicyclic) bond motifs is 9. The Morgan fingerprint density at radius 3 is 2.35 bits per heavy atom. The van der Waals surface area contributed by atoms with Gasteiger partial charge in [-0.15, -0.1) is 45.3 Å². The number of aryl methyl sites for hydroxylation is 2. The van der Waals surface area contributed by atoms with E-state index in [9.17, 15) is 9.90 Å². The summed E-state index contributed by atoms with van der Waals surface area (Å²) in [6, 6.07) is 25.1. The summed E-state index contributed by atoms with van der Waals surface area (Å²) in [5.74, 6) is 8.37. The summed E-state index contributed by atoms with van der Waals surface area (Å²) < 4.78 is 5.29. The Morgan fingerprint density at radius 2 is 1.61 bits per heavy atom. The van der Waals surface area contributed by atoms with Crippen LogP contribution in [0.3, 0.4) is 0 Å². The molecule has 6 aromatic rings. The van der Waals surface area contributed by atoms with Crippen molar-refractivity contribution in [1.29, 1.82) is 5.26 Å². The molecule has 2 fully saturated rings. The number of carboxylic acids is 1. The quantitative estimate of drug-likeness (QED) is 0.0823. The van der Waals surface area contributed by atoms with Gasteiger partial charge in [-0.1, -0.05) is 12.1 Å². The van der Waals surface area contributed by atoms with E-state index in [1.807, 2.05) is 29.6 Å². The fraction of sp³-hybridized carbons (Fsp3) is 0.243. The molecule has 5 heterocycles. The molecule has 2 bridgehead atoms. The summed E-state index contributed by atoms with van der Waals surface area (Å²) in [6.45, 7) is 4.18. The van der Waals surface area contributed by atoms with Crippen LogP contribution in [0.4, 0.5) is 11.4 Å². The molecule has 0 radical (unpaired) electrons. The third kappa shape index (κ3) is 4.05. The molecule has 3 N–H and O–H groups in total. The van der Waals surface area contributed by atoms with Crippen LogP contribution in [0.5, 0.6) is 0 Å². The van der Waals surface area contributed by atoms with E-state index in [1.54, 1.807) is 28.7 Å². The van der Waals surface area contributed by atoms with E-state index in [0.717, 1.165) is 25.8 Å². The highest BCUT2D eigenvalue weighted by atomic mass is 32.1. The predicted molar refractivity (Wildman–Crippen MR) is 194 cm³/mol. The van der Waals surface area contributed by atoms with Crippen molar-refractivity contribution in [2.75, 3.05) is 0 Å². The van der Waals surface area contributed by atoms with Crippen molar-refractivity contribution in [2.45, 2.75) is 45.1 Å². The molecule has 0 saturated heterocycles. The molecule has 0 amide bonds. The molecule has 46 heavy (non-hydrogen) atoms. The smallest absolute Gasteiger partial charge is 0.346 e. The number of benzene rings is 2. The first-order chi connectivity index (χ1) is 22.2. The number of thiophene rings is 4. The van der Waals surface area contributed by atoms with Crippen LogP contribution in [0.1, 0.15) is 46.7 Å². The summed E-state index contributed by atoms with van der Waals surface area (Å²) in [4.78, 5) is 15.9. The summed E-state index contributed by atoms with van der Waals surface area (Å²) in [5.41, 5.74) is 7.26. The average molecular weight is 677 g/mol. The van der Waals surface area contributed by atoms with Gasteiger partial charge in [0, 0.05) is 73.9 Å². The number of aliphatic carboxylic acids is 1. The van der Waals surface area contributed by atoms with Crippen molar-refractivity contribution < 1.29 is 9.90 Å². The zero-order valence-corrected chi connectivity index (χ0v) is 28.5. The van der Waals surface area contributed by atoms with Crippen LogP contribution in [0.2, 0.25) is 0 Å². The molecular formula is C37H30N3O2S4+. The lowest BCUT2D eigenvalue weighted by atomic mass is 9.82. The first-order valence-corrected chi connectivity index (χ1v) is 18.8. The third-order valence-electron chi connectivity index (χ3n) is 10.6. The van der Waals surface area contributed by atoms with Gasteiger partial charge >= 0.3 is 5.97 Å². The molecule has 2 saturated carbocycles. The molecule has 9 rings (SSSR count). The number of carboxylic acid groups (broad SMARTS) is 1.